The number of aryl methyl sites for hydroxylation is 1. The third kappa shape index (κ3) is 1.94. The van der Waals surface area contributed by atoms with E-state index in [-0.39, 0.29) is 5.56 Å². The maximum absolute atomic E-state index is 12.7. The van der Waals surface area contributed by atoms with Crippen LogP contribution in [0.25, 0.3) is 11.2 Å². The van der Waals surface area contributed by atoms with E-state index in [1.807, 2.05) is 31.2 Å². The van der Waals surface area contributed by atoms with Crippen LogP contribution in [0.4, 0.5) is 0 Å². The monoisotopic (exact) mass is 305 g/mol. The van der Waals surface area contributed by atoms with Gasteiger partial charge in [0.15, 0.2) is 0 Å². The number of thiol groups is 1. The summed E-state index contributed by atoms with van der Waals surface area (Å²) in [7, 11) is 0. The molecule has 3 rings (SSSR count). The van der Waals surface area contributed by atoms with Gasteiger partial charge in [0, 0.05) is 6.20 Å². The highest BCUT2D eigenvalue weighted by atomic mass is 35.5. The maximum atomic E-state index is 12.7. The second kappa shape index (κ2) is 5.00. The van der Waals surface area contributed by atoms with Crippen LogP contribution in [-0.4, -0.2) is 14.2 Å². The quantitative estimate of drug-likeness (QED) is 0.740. The molecule has 0 spiro atoms. The number of rotatable bonds is 2. The summed E-state index contributed by atoms with van der Waals surface area (Å²) < 4.78 is 3.08. The Hall–Kier alpha value is -1.72. The van der Waals surface area contributed by atoms with E-state index >= 15 is 0 Å². The van der Waals surface area contributed by atoms with Gasteiger partial charge in [0.1, 0.15) is 11.3 Å². The molecule has 20 heavy (non-hydrogen) atoms. The molecule has 3 aromatic rings. The average molecular weight is 306 g/mol. The van der Waals surface area contributed by atoms with E-state index < -0.39 is 0 Å². The van der Waals surface area contributed by atoms with Gasteiger partial charge in [-0.3, -0.25) is 9.36 Å². The van der Waals surface area contributed by atoms with Crippen molar-refractivity contribution in [3.63, 3.8) is 0 Å². The Morgan fingerprint density at radius 1 is 1.30 bits per heavy atom. The zero-order valence-electron chi connectivity index (χ0n) is 10.7. The minimum atomic E-state index is -0.187. The summed E-state index contributed by atoms with van der Waals surface area (Å²) in [6.07, 6.45) is 1.67. The Morgan fingerprint density at radius 3 is 2.75 bits per heavy atom. The van der Waals surface area contributed by atoms with Gasteiger partial charge in [-0.2, -0.15) is 17.7 Å². The highest BCUT2D eigenvalue weighted by Crippen LogP contribution is 2.18. The largest absolute Gasteiger partial charge is 0.284 e. The first-order valence-electron chi connectivity index (χ1n) is 6.09. The van der Waals surface area contributed by atoms with E-state index in [2.05, 4.69) is 17.7 Å². The third-order valence-electron chi connectivity index (χ3n) is 3.20. The lowest BCUT2D eigenvalue weighted by atomic mass is 10.2. The van der Waals surface area contributed by atoms with Crippen molar-refractivity contribution in [3.05, 3.63) is 63.3 Å². The number of aromatic nitrogens is 3. The molecule has 0 saturated heterocycles. The molecular formula is C14H12ClN3OS. The molecule has 0 unspecified atom stereocenters. The molecule has 2 aromatic heterocycles. The predicted octanol–water partition coefficient (Wildman–Crippen LogP) is 2.88. The molecule has 6 heteroatoms. The lowest BCUT2D eigenvalue weighted by Crippen LogP contribution is -2.26. The van der Waals surface area contributed by atoms with Crippen LogP contribution in [0.3, 0.4) is 0 Å². The number of nitrogens with zero attached hydrogens (tertiary/aromatic N) is 3. The Kier molecular flexibility index (Phi) is 3.31. The molecule has 0 atom stereocenters. The lowest BCUT2D eigenvalue weighted by molar-refractivity contribution is 0.768. The van der Waals surface area contributed by atoms with Gasteiger partial charge in [0.25, 0.3) is 5.56 Å². The predicted molar refractivity (Wildman–Crippen MR) is 83.2 cm³/mol. The third-order valence-corrected chi connectivity index (χ3v) is 3.79. The van der Waals surface area contributed by atoms with Gasteiger partial charge in [-0.25, -0.2) is 4.52 Å². The first kappa shape index (κ1) is 13.3. The molecule has 0 fully saturated rings. The molecule has 0 saturated carbocycles. The van der Waals surface area contributed by atoms with Crippen LogP contribution in [-0.2, 0) is 5.75 Å². The molecular weight excluding hydrogens is 294 g/mol. The minimum absolute atomic E-state index is 0.187. The van der Waals surface area contributed by atoms with E-state index in [0.29, 0.717) is 22.1 Å². The van der Waals surface area contributed by atoms with Gasteiger partial charge < -0.3 is 0 Å². The van der Waals surface area contributed by atoms with Gasteiger partial charge in [-0.15, -0.1) is 0 Å². The van der Waals surface area contributed by atoms with Gasteiger partial charge in [0.05, 0.1) is 16.5 Å². The van der Waals surface area contributed by atoms with Crippen LogP contribution < -0.4 is 5.56 Å². The first-order chi connectivity index (χ1) is 9.63. The van der Waals surface area contributed by atoms with E-state index in [1.165, 1.54) is 4.52 Å². The van der Waals surface area contributed by atoms with Crippen LogP contribution in [0, 0.1) is 6.92 Å². The fraction of sp³-hybridized carbons (Fsp3) is 0.143. The van der Waals surface area contributed by atoms with Crippen molar-refractivity contribution in [1.29, 1.82) is 0 Å². The molecule has 0 amide bonds. The molecule has 0 aliphatic heterocycles. The molecule has 0 aliphatic carbocycles. The fourth-order valence-corrected chi connectivity index (χ4v) is 2.67. The number of hydrogen-bond acceptors (Lipinski definition) is 3. The fourth-order valence-electron chi connectivity index (χ4n) is 2.24. The number of halogens is 1. The SMILES string of the molecule is Cc1ccccc1-n1c(CS)nn2ccc(Cl)c2c1=O. The Labute approximate surface area is 126 Å². The van der Waals surface area contributed by atoms with Gasteiger partial charge >= 0.3 is 0 Å². The summed E-state index contributed by atoms with van der Waals surface area (Å²) in [5.74, 6) is 0.933. The van der Waals surface area contributed by atoms with Gasteiger partial charge in [-0.05, 0) is 24.6 Å². The first-order valence-corrected chi connectivity index (χ1v) is 7.10. The summed E-state index contributed by atoms with van der Waals surface area (Å²) in [6.45, 7) is 1.95. The molecule has 0 N–H and O–H groups in total. The van der Waals surface area contributed by atoms with Gasteiger partial charge in [0.2, 0.25) is 0 Å². The van der Waals surface area contributed by atoms with E-state index in [4.69, 9.17) is 11.6 Å². The van der Waals surface area contributed by atoms with Gasteiger partial charge in [-0.1, -0.05) is 29.8 Å². The highest BCUT2D eigenvalue weighted by Gasteiger charge is 2.15. The Balaban J connectivity index is 2.46. The van der Waals surface area contributed by atoms with Crippen molar-refractivity contribution in [2.45, 2.75) is 12.7 Å². The summed E-state index contributed by atoms with van der Waals surface area (Å²) in [6, 6.07) is 9.32. The number of fused-ring (bicyclic) bond motifs is 1. The number of benzene rings is 1. The molecule has 4 nitrogen and oxygen atoms in total. The average Bonchev–Trinajstić information content (AvgIpc) is 2.81. The minimum Gasteiger partial charge on any atom is -0.266 e. The standard InChI is InChI=1S/C14H12ClN3OS/c1-9-4-2-3-5-11(9)18-12(8-20)16-17-7-6-10(15)13(17)14(18)19/h2-7,20H,8H2,1H3. The molecule has 102 valence electrons. The van der Waals surface area contributed by atoms with E-state index in [9.17, 15) is 4.79 Å². The van der Waals surface area contributed by atoms with Crippen molar-refractivity contribution in [3.8, 4) is 5.69 Å². The van der Waals surface area contributed by atoms with Crippen molar-refractivity contribution in [2.24, 2.45) is 0 Å². The second-order valence-electron chi connectivity index (χ2n) is 4.46. The van der Waals surface area contributed by atoms with Crippen LogP contribution in [0.2, 0.25) is 5.02 Å². The van der Waals surface area contributed by atoms with Crippen LogP contribution >= 0.6 is 24.2 Å². The summed E-state index contributed by atoms with van der Waals surface area (Å²) >= 11 is 10.4. The molecule has 2 heterocycles. The number of hydrogen-bond donors (Lipinski definition) is 1. The number of para-hydroxylation sites is 1. The molecule has 0 bridgehead atoms. The van der Waals surface area contributed by atoms with Crippen LogP contribution in [0.5, 0.6) is 0 Å². The van der Waals surface area contributed by atoms with Crippen molar-refractivity contribution in [2.75, 3.05) is 0 Å². The normalized spacial score (nSPS) is 11.2. The topological polar surface area (TPSA) is 39.3 Å². The Morgan fingerprint density at radius 2 is 2.05 bits per heavy atom. The zero-order valence-corrected chi connectivity index (χ0v) is 12.4. The van der Waals surface area contributed by atoms with E-state index in [0.717, 1.165) is 11.3 Å². The summed E-state index contributed by atoms with van der Waals surface area (Å²) in [5.41, 5.74) is 1.98. The summed E-state index contributed by atoms with van der Waals surface area (Å²) in [4.78, 5) is 12.7. The lowest BCUT2D eigenvalue weighted by Gasteiger charge is -2.13. The highest BCUT2D eigenvalue weighted by molar-refractivity contribution is 7.79. The zero-order chi connectivity index (χ0) is 14.3. The van der Waals surface area contributed by atoms with Crippen LogP contribution in [0.15, 0.2) is 41.3 Å². The summed E-state index contributed by atoms with van der Waals surface area (Å²) in [5, 5.41) is 4.81. The van der Waals surface area contributed by atoms with Crippen molar-refractivity contribution >= 4 is 29.7 Å². The molecule has 1 aromatic carbocycles. The van der Waals surface area contributed by atoms with Crippen molar-refractivity contribution in [1.82, 2.24) is 14.2 Å². The Bertz CT molecular complexity index is 853. The second-order valence-corrected chi connectivity index (χ2v) is 5.18. The smallest absolute Gasteiger partial charge is 0.266 e. The van der Waals surface area contributed by atoms with E-state index in [1.54, 1.807) is 16.8 Å². The van der Waals surface area contributed by atoms with Crippen molar-refractivity contribution < 1.29 is 0 Å². The maximum Gasteiger partial charge on any atom is 0.284 e. The molecule has 0 aliphatic rings. The molecule has 0 radical (unpaired) electrons. The van der Waals surface area contributed by atoms with Crippen LogP contribution in [0.1, 0.15) is 11.4 Å².